The molecular weight excluding hydrogens is 316 g/mol. The maximum Gasteiger partial charge on any atom is 0.227 e. The smallest absolute Gasteiger partial charge is 0.227 e. The second-order valence-corrected chi connectivity index (χ2v) is 6.19. The molecule has 2 atom stereocenters. The topological polar surface area (TPSA) is 64.8 Å². The highest BCUT2D eigenvalue weighted by molar-refractivity contribution is 5.85. The first-order valence-corrected chi connectivity index (χ1v) is 7.92. The molecule has 0 saturated heterocycles. The number of benzene rings is 1. The lowest BCUT2D eigenvalue weighted by Crippen LogP contribution is -2.43. The van der Waals surface area contributed by atoms with E-state index >= 15 is 0 Å². The van der Waals surface area contributed by atoms with Gasteiger partial charge in [-0.05, 0) is 42.5 Å². The van der Waals surface area contributed by atoms with E-state index in [0.29, 0.717) is 12.3 Å². The molecule has 1 aliphatic carbocycles. The molecule has 1 aromatic carbocycles. The number of methoxy groups -OCH3 is 2. The third-order valence-corrected chi connectivity index (χ3v) is 4.92. The molecule has 2 unspecified atom stereocenters. The number of rotatable bonds is 3. The van der Waals surface area contributed by atoms with E-state index in [4.69, 9.17) is 15.2 Å². The van der Waals surface area contributed by atoms with Crippen molar-refractivity contribution < 1.29 is 14.3 Å². The van der Waals surface area contributed by atoms with Crippen molar-refractivity contribution in [1.82, 2.24) is 4.90 Å². The highest BCUT2D eigenvalue weighted by Gasteiger charge is 2.34. The summed E-state index contributed by atoms with van der Waals surface area (Å²) in [6.45, 7) is 1.39. The van der Waals surface area contributed by atoms with Crippen LogP contribution in [-0.4, -0.2) is 37.6 Å². The van der Waals surface area contributed by atoms with Crippen LogP contribution >= 0.6 is 12.4 Å². The summed E-state index contributed by atoms with van der Waals surface area (Å²) in [7, 11) is 3.28. The van der Waals surface area contributed by atoms with Gasteiger partial charge in [-0.25, -0.2) is 0 Å². The molecule has 2 aliphatic rings. The summed E-state index contributed by atoms with van der Waals surface area (Å²) in [5.74, 6) is 1.68. The SMILES string of the molecule is COc1cc2c(cc1OC)CN(C(=O)C1CCCC1N)CC2.Cl. The van der Waals surface area contributed by atoms with E-state index in [1.54, 1.807) is 14.2 Å². The van der Waals surface area contributed by atoms with Gasteiger partial charge in [0.25, 0.3) is 0 Å². The number of hydrogen-bond donors (Lipinski definition) is 1. The Kier molecular flexibility index (Phi) is 5.76. The Labute approximate surface area is 143 Å². The minimum Gasteiger partial charge on any atom is -0.493 e. The summed E-state index contributed by atoms with van der Waals surface area (Å²) in [6, 6.07) is 4.04. The Morgan fingerprint density at radius 3 is 2.39 bits per heavy atom. The van der Waals surface area contributed by atoms with E-state index in [1.165, 1.54) is 5.56 Å². The Morgan fingerprint density at radius 1 is 1.17 bits per heavy atom. The summed E-state index contributed by atoms with van der Waals surface area (Å²) in [4.78, 5) is 14.6. The van der Waals surface area contributed by atoms with Gasteiger partial charge < -0.3 is 20.1 Å². The maximum absolute atomic E-state index is 12.7. The number of ether oxygens (including phenoxy) is 2. The number of fused-ring (bicyclic) bond motifs is 1. The maximum atomic E-state index is 12.7. The Morgan fingerprint density at radius 2 is 1.83 bits per heavy atom. The number of carbonyl (C=O) groups is 1. The molecule has 5 nitrogen and oxygen atoms in total. The van der Waals surface area contributed by atoms with Crippen molar-refractivity contribution in [2.75, 3.05) is 20.8 Å². The van der Waals surface area contributed by atoms with Gasteiger partial charge in [-0.2, -0.15) is 0 Å². The molecule has 1 saturated carbocycles. The second-order valence-electron chi connectivity index (χ2n) is 6.19. The van der Waals surface area contributed by atoms with Crippen LogP contribution in [0.5, 0.6) is 11.5 Å². The zero-order chi connectivity index (χ0) is 15.7. The van der Waals surface area contributed by atoms with Crippen LogP contribution in [0, 0.1) is 5.92 Å². The molecule has 1 aromatic rings. The fourth-order valence-electron chi connectivity index (χ4n) is 3.60. The van der Waals surface area contributed by atoms with Crippen molar-refractivity contribution in [3.05, 3.63) is 23.3 Å². The molecule has 0 aromatic heterocycles. The van der Waals surface area contributed by atoms with E-state index in [-0.39, 0.29) is 30.3 Å². The third-order valence-electron chi connectivity index (χ3n) is 4.92. The van der Waals surface area contributed by atoms with Gasteiger partial charge in [-0.3, -0.25) is 4.79 Å². The molecule has 1 aliphatic heterocycles. The predicted octanol–water partition coefficient (Wildman–Crippen LogP) is 2.14. The zero-order valence-corrected chi connectivity index (χ0v) is 14.5. The van der Waals surface area contributed by atoms with Crippen molar-refractivity contribution in [3.8, 4) is 11.5 Å². The molecule has 1 fully saturated rings. The lowest BCUT2D eigenvalue weighted by molar-refractivity contribution is -0.136. The van der Waals surface area contributed by atoms with Crippen molar-refractivity contribution in [2.45, 2.75) is 38.3 Å². The Balaban J connectivity index is 0.00000192. The van der Waals surface area contributed by atoms with Crippen LogP contribution in [0.1, 0.15) is 30.4 Å². The molecule has 6 heteroatoms. The van der Waals surface area contributed by atoms with Crippen LogP contribution in [0.4, 0.5) is 0 Å². The average molecular weight is 341 g/mol. The van der Waals surface area contributed by atoms with Gasteiger partial charge in [-0.15, -0.1) is 12.4 Å². The molecule has 0 radical (unpaired) electrons. The fourth-order valence-corrected chi connectivity index (χ4v) is 3.60. The average Bonchev–Trinajstić information content (AvgIpc) is 2.98. The van der Waals surface area contributed by atoms with Gasteiger partial charge in [-0.1, -0.05) is 6.42 Å². The molecule has 128 valence electrons. The first-order chi connectivity index (χ1) is 10.6. The lowest BCUT2D eigenvalue weighted by Gasteiger charge is -2.32. The van der Waals surface area contributed by atoms with Crippen LogP contribution in [0.2, 0.25) is 0 Å². The van der Waals surface area contributed by atoms with Crippen molar-refractivity contribution in [2.24, 2.45) is 11.7 Å². The molecule has 0 bridgehead atoms. The second kappa shape index (κ2) is 7.41. The van der Waals surface area contributed by atoms with E-state index in [9.17, 15) is 4.79 Å². The number of halogens is 1. The predicted molar refractivity (Wildman–Crippen MR) is 91.2 cm³/mol. The van der Waals surface area contributed by atoms with Gasteiger partial charge in [0.1, 0.15) is 0 Å². The zero-order valence-electron chi connectivity index (χ0n) is 13.7. The van der Waals surface area contributed by atoms with Crippen molar-refractivity contribution in [1.29, 1.82) is 0 Å². The first kappa shape index (κ1) is 17.9. The largest absolute Gasteiger partial charge is 0.493 e. The standard InChI is InChI=1S/C17H24N2O3.ClH/c1-21-15-8-11-6-7-19(10-12(11)9-16(15)22-2)17(20)13-4-3-5-14(13)18;/h8-9,13-14H,3-7,10,18H2,1-2H3;1H. The Hall–Kier alpha value is -1.46. The van der Waals surface area contributed by atoms with Crippen molar-refractivity contribution >= 4 is 18.3 Å². The monoisotopic (exact) mass is 340 g/mol. The quantitative estimate of drug-likeness (QED) is 0.915. The number of carbonyl (C=O) groups excluding carboxylic acids is 1. The van der Waals surface area contributed by atoms with E-state index < -0.39 is 0 Å². The van der Waals surface area contributed by atoms with Crippen LogP contribution in [0.25, 0.3) is 0 Å². The number of hydrogen-bond acceptors (Lipinski definition) is 4. The minimum absolute atomic E-state index is 0. The Bertz CT molecular complexity index is 579. The molecule has 3 rings (SSSR count). The first-order valence-electron chi connectivity index (χ1n) is 7.92. The van der Waals surface area contributed by atoms with E-state index in [1.807, 2.05) is 17.0 Å². The molecule has 1 heterocycles. The van der Waals surface area contributed by atoms with Gasteiger partial charge >= 0.3 is 0 Å². The van der Waals surface area contributed by atoms with Crippen LogP contribution in [-0.2, 0) is 17.8 Å². The third kappa shape index (κ3) is 3.40. The van der Waals surface area contributed by atoms with Crippen LogP contribution in [0.15, 0.2) is 12.1 Å². The van der Waals surface area contributed by atoms with Crippen molar-refractivity contribution in [3.63, 3.8) is 0 Å². The number of nitrogens with two attached hydrogens (primary N) is 1. The highest BCUT2D eigenvalue weighted by atomic mass is 35.5. The summed E-state index contributed by atoms with van der Waals surface area (Å²) in [6.07, 6.45) is 3.80. The summed E-state index contributed by atoms with van der Waals surface area (Å²) < 4.78 is 10.7. The molecule has 1 amide bonds. The van der Waals surface area contributed by atoms with Gasteiger partial charge in [0.15, 0.2) is 11.5 Å². The summed E-state index contributed by atoms with van der Waals surface area (Å²) in [5.41, 5.74) is 8.46. The minimum atomic E-state index is 0. The van der Waals surface area contributed by atoms with Gasteiger partial charge in [0, 0.05) is 19.1 Å². The number of nitrogens with zero attached hydrogens (tertiary/aromatic N) is 1. The molecular formula is C17H25ClN2O3. The fraction of sp³-hybridized carbons (Fsp3) is 0.588. The lowest BCUT2D eigenvalue weighted by atomic mass is 9.96. The van der Waals surface area contributed by atoms with E-state index in [0.717, 1.165) is 43.5 Å². The van der Waals surface area contributed by atoms with Gasteiger partial charge in [0.05, 0.1) is 20.1 Å². The van der Waals surface area contributed by atoms with Gasteiger partial charge in [0.2, 0.25) is 5.91 Å². The molecule has 23 heavy (non-hydrogen) atoms. The molecule has 0 spiro atoms. The van der Waals surface area contributed by atoms with Crippen LogP contribution in [0.3, 0.4) is 0 Å². The van der Waals surface area contributed by atoms with E-state index in [2.05, 4.69) is 0 Å². The number of amides is 1. The van der Waals surface area contributed by atoms with Crippen LogP contribution < -0.4 is 15.2 Å². The molecule has 2 N–H and O–H groups in total. The summed E-state index contributed by atoms with van der Waals surface area (Å²) in [5, 5.41) is 0. The normalized spacial score (nSPS) is 23.0. The highest BCUT2D eigenvalue weighted by Crippen LogP contribution is 2.34. The summed E-state index contributed by atoms with van der Waals surface area (Å²) >= 11 is 0.